The van der Waals surface area contributed by atoms with E-state index in [0.29, 0.717) is 12.0 Å². The van der Waals surface area contributed by atoms with E-state index in [1.165, 1.54) is 30.4 Å². The van der Waals surface area contributed by atoms with Crippen LogP contribution in [0.5, 0.6) is 0 Å². The molecule has 0 aliphatic heterocycles. The minimum absolute atomic E-state index is 0.428. The molecule has 21 heavy (non-hydrogen) atoms. The number of hydrogen-bond acceptors (Lipinski definition) is 1. The fourth-order valence-electron chi connectivity index (χ4n) is 3.76. The zero-order valence-corrected chi connectivity index (χ0v) is 13.1. The van der Waals surface area contributed by atoms with Crippen LogP contribution in [0.2, 0.25) is 0 Å². The molecule has 1 aliphatic carbocycles. The Hall–Kier alpha value is -1.60. The summed E-state index contributed by atoms with van der Waals surface area (Å²) >= 11 is 0. The Balaban J connectivity index is 2.01. The molecular formula is C20H25N. The maximum absolute atomic E-state index is 3.75. The Morgan fingerprint density at radius 1 is 1.10 bits per heavy atom. The molecule has 0 saturated heterocycles. The standard InChI is InChI=1S/C20H25N/c1-3-21-20(17-12-6-4-9-15(17)2)19-14-8-11-16-10-5-7-13-18(16)19/h4-7,9-10,12-13,19-21H,3,8,11,14H2,1-2H3. The lowest BCUT2D eigenvalue weighted by Gasteiger charge is -2.34. The van der Waals surface area contributed by atoms with Crippen LogP contribution in [0, 0.1) is 6.92 Å². The van der Waals surface area contributed by atoms with Gasteiger partial charge in [-0.25, -0.2) is 0 Å². The van der Waals surface area contributed by atoms with Gasteiger partial charge in [0.25, 0.3) is 0 Å². The second-order valence-electron chi connectivity index (χ2n) is 6.09. The minimum Gasteiger partial charge on any atom is -0.310 e. The molecule has 0 radical (unpaired) electrons. The van der Waals surface area contributed by atoms with E-state index in [-0.39, 0.29) is 0 Å². The average molecular weight is 279 g/mol. The Bertz CT molecular complexity index is 602. The minimum atomic E-state index is 0.428. The first-order chi connectivity index (χ1) is 10.3. The first-order valence-electron chi connectivity index (χ1n) is 8.18. The highest BCUT2D eigenvalue weighted by Crippen LogP contribution is 2.40. The van der Waals surface area contributed by atoms with Gasteiger partial charge in [-0.2, -0.15) is 0 Å². The molecule has 0 spiro atoms. The van der Waals surface area contributed by atoms with Crippen molar-refractivity contribution in [2.75, 3.05) is 6.54 Å². The molecule has 1 aliphatic rings. The van der Waals surface area contributed by atoms with Crippen molar-refractivity contribution in [1.29, 1.82) is 0 Å². The van der Waals surface area contributed by atoms with Crippen LogP contribution in [0.15, 0.2) is 48.5 Å². The third-order valence-electron chi connectivity index (χ3n) is 4.77. The van der Waals surface area contributed by atoms with Crippen molar-refractivity contribution in [3.63, 3.8) is 0 Å². The van der Waals surface area contributed by atoms with Gasteiger partial charge in [0.05, 0.1) is 0 Å². The molecule has 3 rings (SSSR count). The second kappa shape index (κ2) is 6.44. The summed E-state index contributed by atoms with van der Waals surface area (Å²) in [7, 11) is 0. The highest BCUT2D eigenvalue weighted by atomic mass is 14.9. The molecule has 2 aromatic rings. The molecule has 1 N–H and O–H groups in total. The van der Waals surface area contributed by atoms with Crippen LogP contribution >= 0.6 is 0 Å². The molecule has 2 atom stereocenters. The monoisotopic (exact) mass is 279 g/mol. The van der Waals surface area contributed by atoms with Gasteiger partial charge >= 0.3 is 0 Å². The van der Waals surface area contributed by atoms with Gasteiger partial charge in [0.2, 0.25) is 0 Å². The van der Waals surface area contributed by atoms with Crippen LogP contribution in [0.4, 0.5) is 0 Å². The topological polar surface area (TPSA) is 12.0 Å². The number of rotatable bonds is 4. The number of nitrogens with one attached hydrogen (secondary N) is 1. The average Bonchev–Trinajstić information content (AvgIpc) is 2.53. The van der Waals surface area contributed by atoms with Crippen LogP contribution in [0.25, 0.3) is 0 Å². The third-order valence-corrected chi connectivity index (χ3v) is 4.77. The summed E-state index contributed by atoms with van der Waals surface area (Å²) in [6.07, 6.45) is 3.82. The van der Waals surface area contributed by atoms with E-state index in [1.54, 1.807) is 11.1 Å². The van der Waals surface area contributed by atoms with E-state index in [4.69, 9.17) is 0 Å². The molecule has 0 heterocycles. The smallest absolute Gasteiger partial charge is 0.0392 e. The Kier molecular flexibility index (Phi) is 4.40. The number of benzene rings is 2. The molecule has 0 bridgehead atoms. The van der Waals surface area contributed by atoms with Gasteiger partial charge in [0.15, 0.2) is 0 Å². The van der Waals surface area contributed by atoms with Crippen LogP contribution < -0.4 is 5.32 Å². The van der Waals surface area contributed by atoms with Crippen LogP contribution in [-0.4, -0.2) is 6.54 Å². The summed E-state index contributed by atoms with van der Waals surface area (Å²) < 4.78 is 0. The van der Waals surface area contributed by atoms with Crippen LogP contribution in [-0.2, 0) is 6.42 Å². The zero-order chi connectivity index (χ0) is 14.7. The van der Waals surface area contributed by atoms with Crippen LogP contribution in [0.3, 0.4) is 0 Å². The van der Waals surface area contributed by atoms with E-state index in [9.17, 15) is 0 Å². The predicted octanol–water partition coefficient (Wildman–Crippen LogP) is 4.77. The molecule has 0 fully saturated rings. The third kappa shape index (κ3) is 2.89. The van der Waals surface area contributed by atoms with E-state index >= 15 is 0 Å². The van der Waals surface area contributed by atoms with Crippen molar-refractivity contribution in [3.05, 3.63) is 70.8 Å². The van der Waals surface area contributed by atoms with E-state index in [0.717, 1.165) is 6.54 Å². The summed E-state index contributed by atoms with van der Waals surface area (Å²) in [6, 6.07) is 18.3. The fraction of sp³-hybridized carbons (Fsp3) is 0.400. The molecule has 110 valence electrons. The molecule has 0 amide bonds. The molecule has 0 saturated carbocycles. The van der Waals surface area contributed by atoms with Crippen molar-refractivity contribution in [3.8, 4) is 0 Å². The summed E-state index contributed by atoms with van der Waals surface area (Å²) in [4.78, 5) is 0. The lowest BCUT2D eigenvalue weighted by molar-refractivity contribution is 0.407. The summed E-state index contributed by atoms with van der Waals surface area (Å²) in [5.74, 6) is 0.594. The number of fused-ring (bicyclic) bond motifs is 1. The first kappa shape index (κ1) is 14.3. The molecule has 2 unspecified atom stereocenters. The largest absolute Gasteiger partial charge is 0.310 e. The lowest BCUT2D eigenvalue weighted by atomic mass is 9.76. The first-order valence-corrected chi connectivity index (χ1v) is 8.18. The Morgan fingerprint density at radius 2 is 1.86 bits per heavy atom. The summed E-state index contributed by atoms with van der Waals surface area (Å²) in [5, 5.41) is 3.75. The normalized spacial score (nSPS) is 19.0. The molecular weight excluding hydrogens is 254 g/mol. The van der Waals surface area contributed by atoms with Crippen molar-refractivity contribution in [2.24, 2.45) is 0 Å². The van der Waals surface area contributed by atoms with Gasteiger partial charge in [0.1, 0.15) is 0 Å². The van der Waals surface area contributed by atoms with Gasteiger partial charge in [-0.1, -0.05) is 55.5 Å². The zero-order valence-electron chi connectivity index (χ0n) is 13.1. The maximum Gasteiger partial charge on any atom is 0.0392 e. The van der Waals surface area contributed by atoms with Gasteiger partial charge in [0, 0.05) is 12.0 Å². The Morgan fingerprint density at radius 3 is 2.67 bits per heavy atom. The van der Waals surface area contributed by atoms with Gasteiger partial charge in [-0.15, -0.1) is 0 Å². The van der Waals surface area contributed by atoms with Gasteiger partial charge in [-0.05, 0) is 55.0 Å². The number of aryl methyl sites for hydroxylation is 2. The highest BCUT2D eigenvalue weighted by molar-refractivity contribution is 5.38. The quantitative estimate of drug-likeness (QED) is 0.850. The maximum atomic E-state index is 3.75. The van der Waals surface area contributed by atoms with E-state index in [1.807, 2.05) is 0 Å². The second-order valence-corrected chi connectivity index (χ2v) is 6.09. The Labute approximate surface area is 128 Å². The molecule has 1 nitrogen and oxygen atoms in total. The highest BCUT2D eigenvalue weighted by Gasteiger charge is 2.28. The van der Waals surface area contributed by atoms with Crippen LogP contribution in [0.1, 0.15) is 54.0 Å². The van der Waals surface area contributed by atoms with Crippen molar-refractivity contribution in [1.82, 2.24) is 5.32 Å². The lowest BCUT2D eigenvalue weighted by Crippen LogP contribution is -2.29. The molecule has 0 aromatic heterocycles. The number of likely N-dealkylation sites (N-methyl/N-ethyl adjacent to an activating group) is 1. The summed E-state index contributed by atoms with van der Waals surface area (Å²) in [6.45, 7) is 5.45. The molecule has 1 heteroatoms. The van der Waals surface area contributed by atoms with Crippen molar-refractivity contribution >= 4 is 0 Å². The van der Waals surface area contributed by atoms with Gasteiger partial charge < -0.3 is 5.32 Å². The van der Waals surface area contributed by atoms with E-state index in [2.05, 4.69) is 67.7 Å². The fourth-order valence-corrected chi connectivity index (χ4v) is 3.76. The number of hydrogen-bond donors (Lipinski definition) is 1. The van der Waals surface area contributed by atoms with E-state index < -0.39 is 0 Å². The summed E-state index contributed by atoms with van der Waals surface area (Å²) in [5.41, 5.74) is 5.95. The van der Waals surface area contributed by atoms with Crippen molar-refractivity contribution < 1.29 is 0 Å². The molecule has 2 aromatic carbocycles. The SMILES string of the molecule is CCNC(c1ccccc1C)C1CCCc2ccccc21. The van der Waals surface area contributed by atoms with Gasteiger partial charge in [-0.3, -0.25) is 0 Å². The van der Waals surface area contributed by atoms with Crippen molar-refractivity contribution in [2.45, 2.75) is 45.1 Å². The predicted molar refractivity (Wildman–Crippen MR) is 89.7 cm³/mol.